The number of hydrogen-bond donors (Lipinski definition) is 1. The zero-order valence-electron chi connectivity index (χ0n) is 12.4. The summed E-state index contributed by atoms with van der Waals surface area (Å²) in [6, 6.07) is 0. The van der Waals surface area contributed by atoms with E-state index in [0.717, 1.165) is 0 Å². The van der Waals surface area contributed by atoms with Crippen molar-refractivity contribution in [1.82, 2.24) is 0 Å². The molecule has 1 N–H and O–H groups in total. The summed E-state index contributed by atoms with van der Waals surface area (Å²) in [6.07, 6.45) is -3.32. The number of aliphatic hydroxyl groups is 1. The first kappa shape index (κ1) is 15.7. The molecule has 0 aromatic carbocycles. The van der Waals surface area contributed by atoms with Gasteiger partial charge in [0.15, 0.2) is 17.7 Å². The molecule has 2 aliphatic heterocycles. The van der Waals surface area contributed by atoms with Crippen molar-refractivity contribution in [3.8, 4) is 0 Å². The van der Waals surface area contributed by atoms with E-state index < -0.39 is 42.0 Å². The van der Waals surface area contributed by atoms with E-state index in [-0.39, 0.29) is 0 Å². The molecule has 116 valence electrons. The van der Waals surface area contributed by atoms with Crippen LogP contribution < -0.4 is 0 Å². The Kier molecular flexibility index (Phi) is 4.10. The van der Waals surface area contributed by atoms with Gasteiger partial charge in [-0.05, 0) is 27.7 Å². The minimum atomic E-state index is -1.43. The van der Waals surface area contributed by atoms with Crippen molar-refractivity contribution in [2.45, 2.75) is 63.7 Å². The fourth-order valence-corrected chi connectivity index (χ4v) is 2.48. The molecule has 2 rings (SSSR count). The molecule has 0 spiro atoms. The third-order valence-corrected chi connectivity index (χ3v) is 3.31. The molecule has 0 aromatic heterocycles. The van der Waals surface area contributed by atoms with Crippen LogP contribution in [0.2, 0.25) is 0 Å². The van der Waals surface area contributed by atoms with Crippen molar-refractivity contribution in [3.05, 3.63) is 0 Å². The summed E-state index contributed by atoms with van der Waals surface area (Å²) in [5.74, 6) is -2.40. The summed E-state index contributed by atoms with van der Waals surface area (Å²) >= 11 is 0. The molecule has 20 heavy (non-hydrogen) atoms. The third kappa shape index (κ3) is 3.12. The summed E-state index contributed by atoms with van der Waals surface area (Å²) in [7, 11) is 1.21. The van der Waals surface area contributed by atoms with Crippen LogP contribution in [0.1, 0.15) is 27.7 Å². The minimum Gasteiger partial charge on any atom is -0.467 e. The first-order chi connectivity index (χ1) is 9.15. The standard InChI is InChI=1S/C13H22O7/c1-12(2)17-6-7(18-12)9-10(8(14)11(15)16-5)20-13(3,4)19-9/h7-10,14H,6H2,1-5H3. The summed E-state index contributed by atoms with van der Waals surface area (Å²) in [4.78, 5) is 11.5. The van der Waals surface area contributed by atoms with Gasteiger partial charge < -0.3 is 28.8 Å². The SMILES string of the molecule is COC(=O)C(O)C1OC(C)(C)OC1C1COC(C)(C)O1. The molecular formula is C13H22O7. The Morgan fingerprint density at radius 3 is 2.35 bits per heavy atom. The van der Waals surface area contributed by atoms with Crippen LogP contribution >= 0.6 is 0 Å². The molecular weight excluding hydrogens is 268 g/mol. The predicted molar refractivity (Wildman–Crippen MR) is 66.8 cm³/mol. The van der Waals surface area contributed by atoms with Crippen LogP contribution in [0.3, 0.4) is 0 Å². The van der Waals surface area contributed by atoms with Crippen molar-refractivity contribution in [2.75, 3.05) is 13.7 Å². The molecule has 4 unspecified atom stereocenters. The average Bonchev–Trinajstić information content (AvgIpc) is 2.86. The van der Waals surface area contributed by atoms with Gasteiger partial charge in [-0.1, -0.05) is 0 Å². The summed E-state index contributed by atoms with van der Waals surface area (Å²) in [5.41, 5.74) is 0. The van der Waals surface area contributed by atoms with E-state index in [4.69, 9.17) is 18.9 Å². The molecule has 2 fully saturated rings. The van der Waals surface area contributed by atoms with Crippen LogP contribution in [0.4, 0.5) is 0 Å². The van der Waals surface area contributed by atoms with Crippen LogP contribution in [-0.4, -0.2) is 60.8 Å². The molecule has 2 aliphatic rings. The number of ether oxygens (including phenoxy) is 5. The molecule has 0 bridgehead atoms. The zero-order valence-corrected chi connectivity index (χ0v) is 12.4. The summed E-state index contributed by atoms with van der Waals surface area (Å²) in [6.45, 7) is 7.32. The fraction of sp³-hybridized carbons (Fsp3) is 0.923. The Morgan fingerprint density at radius 1 is 1.20 bits per heavy atom. The van der Waals surface area contributed by atoms with Crippen LogP contribution in [0, 0.1) is 0 Å². The highest BCUT2D eigenvalue weighted by Gasteiger charge is 2.53. The van der Waals surface area contributed by atoms with Gasteiger partial charge in [-0.3, -0.25) is 0 Å². The largest absolute Gasteiger partial charge is 0.467 e. The molecule has 0 radical (unpaired) electrons. The van der Waals surface area contributed by atoms with Gasteiger partial charge >= 0.3 is 5.97 Å². The smallest absolute Gasteiger partial charge is 0.337 e. The molecule has 7 heteroatoms. The van der Waals surface area contributed by atoms with E-state index in [1.54, 1.807) is 27.7 Å². The lowest BCUT2D eigenvalue weighted by molar-refractivity contribution is -0.176. The van der Waals surface area contributed by atoms with E-state index >= 15 is 0 Å². The monoisotopic (exact) mass is 290 g/mol. The van der Waals surface area contributed by atoms with E-state index in [9.17, 15) is 9.90 Å². The number of rotatable bonds is 3. The molecule has 2 heterocycles. The fourth-order valence-electron chi connectivity index (χ4n) is 2.48. The maximum absolute atomic E-state index is 11.5. The highest BCUT2D eigenvalue weighted by atomic mass is 16.8. The van der Waals surface area contributed by atoms with Crippen molar-refractivity contribution in [3.63, 3.8) is 0 Å². The van der Waals surface area contributed by atoms with Crippen molar-refractivity contribution in [1.29, 1.82) is 0 Å². The quantitative estimate of drug-likeness (QED) is 0.743. The van der Waals surface area contributed by atoms with Crippen LogP contribution in [0.15, 0.2) is 0 Å². The first-order valence-corrected chi connectivity index (χ1v) is 6.58. The van der Waals surface area contributed by atoms with Gasteiger partial charge in [0.25, 0.3) is 0 Å². The summed E-state index contributed by atoms with van der Waals surface area (Å²) < 4.78 is 27.1. The van der Waals surface area contributed by atoms with E-state index in [1.807, 2.05) is 0 Å². The van der Waals surface area contributed by atoms with E-state index in [2.05, 4.69) is 4.74 Å². The molecule has 4 atom stereocenters. The molecule has 2 saturated heterocycles. The molecule has 7 nitrogen and oxygen atoms in total. The number of carbonyl (C=O) groups excluding carboxylic acids is 1. The van der Waals surface area contributed by atoms with Crippen LogP contribution in [0.25, 0.3) is 0 Å². The van der Waals surface area contributed by atoms with Crippen molar-refractivity contribution in [2.24, 2.45) is 0 Å². The highest BCUT2D eigenvalue weighted by molar-refractivity contribution is 5.75. The second kappa shape index (κ2) is 5.23. The number of hydrogen-bond acceptors (Lipinski definition) is 7. The van der Waals surface area contributed by atoms with Crippen molar-refractivity contribution >= 4 is 5.97 Å². The Morgan fingerprint density at radius 2 is 1.85 bits per heavy atom. The van der Waals surface area contributed by atoms with Gasteiger partial charge in [-0.2, -0.15) is 0 Å². The van der Waals surface area contributed by atoms with Gasteiger partial charge in [0.2, 0.25) is 0 Å². The average molecular weight is 290 g/mol. The molecule has 0 saturated carbocycles. The lowest BCUT2D eigenvalue weighted by Gasteiger charge is -2.25. The van der Waals surface area contributed by atoms with Gasteiger partial charge in [-0.25, -0.2) is 4.79 Å². The highest BCUT2D eigenvalue weighted by Crippen LogP contribution is 2.36. The number of esters is 1. The topological polar surface area (TPSA) is 83.5 Å². The lowest BCUT2D eigenvalue weighted by Crippen LogP contribution is -2.47. The number of methoxy groups -OCH3 is 1. The summed E-state index contributed by atoms with van der Waals surface area (Å²) in [5, 5.41) is 10.0. The lowest BCUT2D eigenvalue weighted by atomic mass is 10.0. The molecule has 0 aromatic rings. The normalized spacial score (nSPS) is 36.8. The third-order valence-electron chi connectivity index (χ3n) is 3.31. The maximum Gasteiger partial charge on any atom is 0.337 e. The first-order valence-electron chi connectivity index (χ1n) is 6.58. The maximum atomic E-state index is 11.5. The van der Waals surface area contributed by atoms with Crippen LogP contribution in [0.5, 0.6) is 0 Å². The Labute approximate surface area is 118 Å². The van der Waals surface area contributed by atoms with Crippen LogP contribution in [-0.2, 0) is 28.5 Å². The Hall–Kier alpha value is -0.730. The number of carbonyl (C=O) groups is 1. The Bertz CT molecular complexity index is 379. The number of aliphatic hydroxyl groups excluding tert-OH is 1. The second-order valence-electron chi connectivity index (χ2n) is 5.90. The van der Waals surface area contributed by atoms with E-state index in [1.165, 1.54) is 7.11 Å². The van der Waals surface area contributed by atoms with Gasteiger partial charge in [0, 0.05) is 0 Å². The van der Waals surface area contributed by atoms with Gasteiger partial charge in [0.1, 0.15) is 18.3 Å². The zero-order chi connectivity index (χ0) is 15.1. The molecule has 0 aliphatic carbocycles. The van der Waals surface area contributed by atoms with Crippen molar-refractivity contribution < 1.29 is 33.6 Å². The second-order valence-corrected chi connectivity index (χ2v) is 5.90. The van der Waals surface area contributed by atoms with Gasteiger partial charge in [-0.15, -0.1) is 0 Å². The van der Waals surface area contributed by atoms with Gasteiger partial charge in [0.05, 0.1) is 13.7 Å². The Balaban J connectivity index is 2.14. The molecule has 0 amide bonds. The predicted octanol–water partition coefficient (Wildman–Crippen LogP) is 0.192. The van der Waals surface area contributed by atoms with E-state index in [0.29, 0.717) is 6.61 Å². The minimum absolute atomic E-state index is 0.307.